The van der Waals surface area contributed by atoms with Gasteiger partial charge in [0.25, 0.3) is 0 Å². The molecule has 0 fully saturated rings. The first-order valence-electron chi connectivity index (χ1n) is 5.69. The van der Waals surface area contributed by atoms with Crippen molar-refractivity contribution in [1.29, 1.82) is 0 Å². The van der Waals surface area contributed by atoms with E-state index < -0.39 is 12.0 Å². The fraction of sp³-hybridized carbons (Fsp3) is 0.500. The molecule has 4 nitrogen and oxygen atoms in total. The third kappa shape index (κ3) is 5.28. The number of aliphatic carboxylic acids is 1. The van der Waals surface area contributed by atoms with E-state index in [2.05, 4.69) is 33.2 Å². The van der Waals surface area contributed by atoms with Crippen LogP contribution in [0.5, 0.6) is 0 Å². The van der Waals surface area contributed by atoms with E-state index in [1.54, 1.807) is 12.4 Å². The summed E-state index contributed by atoms with van der Waals surface area (Å²) in [5.74, 6) is -0.790. The number of carboxylic acids is 1. The summed E-state index contributed by atoms with van der Waals surface area (Å²) in [6.45, 7) is 2.57. The molecular weight excluding hydrogens is 284 g/mol. The first-order valence-corrected chi connectivity index (χ1v) is 6.48. The smallest absolute Gasteiger partial charge is 0.320 e. The largest absolute Gasteiger partial charge is 0.480 e. The number of carbonyl (C=O) groups is 1. The van der Waals surface area contributed by atoms with Crippen LogP contribution in [0.15, 0.2) is 22.9 Å². The van der Waals surface area contributed by atoms with E-state index >= 15 is 0 Å². The van der Waals surface area contributed by atoms with Gasteiger partial charge in [0.2, 0.25) is 0 Å². The lowest BCUT2D eigenvalue weighted by atomic mass is 10.1. The maximum absolute atomic E-state index is 11.0. The zero-order valence-electron chi connectivity index (χ0n) is 9.82. The molecule has 94 valence electrons. The van der Waals surface area contributed by atoms with Gasteiger partial charge in [0.05, 0.1) is 0 Å². The molecule has 0 aromatic carbocycles. The summed E-state index contributed by atoms with van der Waals surface area (Å²) in [7, 11) is 0. The summed E-state index contributed by atoms with van der Waals surface area (Å²) >= 11 is 3.33. The zero-order valence-corrected chi connectivity index (χ0v) is 11.4. The van der Waals surface area contributed by atoms with Crippen molar-refractivity contribution in [2.45, 2.75) is 38.8 Å². The van der Waals surface area contributed by atoms with E-state index in [-0.39, 0.29) is 0 Å². The Bertz CT molecular complexity index is 371. The molecule has 1 aromatic rings. The van der Waals surface area contributed by atoms with Gasteiger partial charge >= 0.3 is 5.97 Å². The van der Waals surface area contributed by atoms with E-state index in [9.17, 15) is 4.79 Å². The molecule has 0 spiro atoms. The molecule has 0 aliphatic rings. The van der Waals surface area contributed by atoms with Gasteiger partial charge in [-0.1, -0.05) is 19.8 Å². The molecule has 1 rings (SSSR count). The topological polar surface area (TPSA) is 62.2 Å². The molecule has 0 aliphatic carbocycles. The van der Waals surface area contributed by atoms with Crippen LogP contribution in [-0.2, 0) is 11.3 Å². The Morgan fingerprint density at radius 1 is 1.59 bits per heavy atom. The highest BCUT2D eigenvalue weighted by Gasteiger charge is 2.15. The molecule has 0 aliphatic heterocycles. The summed E-state index contributed by atoms with van der Waals surface area (Å²) in [5, 5.41) is 12.1. The van der Waals surface area contributed by atoms with Crippen LogP contribution in [-0.4, -0.2) is 22.1 Å². The van der Waals surface area contributed by atoms with Gasteiger partial charge in [-0.2, -0.15) is 0 Å². The summed E-state index contributed by atoms with van der Waals surface area (Å²) in [4.78, 5) is 15.0. The number of halogens is 1. The normalized spacial score (nSPS) is 12.4. The van der Waals surface area contributed by atoms with E-state index in [1.165, 1.54) is 0 Å². The number of pyridine rings is 1. The van der Waals surface area contributed by atoms with Crippen molar-refractivity contribution in [3.8, 4) is 0 Å². The van der Waals surface area contributed by atoms with Gasteiger partial charge < -0.3 is 10.4 Å². The van der Waals surface area contributed by atoms with Gasteiger partial charge in [0, 0.05) is 23.4 Å². The SMILES string of the molecule is CCCC[C@H](NCc1cncc(Br)c1)C(=O)O. The van der Waals surface area contributed by atoms with Crippen molar-refractivity contribution in [2.24, 2.45) is 0 Å². The number of carboxylic acid groups (broad SMARTS) is 1. The minimum atomic E-state index is -0.790. The fourth-order valence-electron chi connectivity index (χ4n) is 1.51. The maximum atomic E-state index is 11.0. The summed E-state index contributed by atoms with van der Waals surface area (Å²) < 4.78 is 0.900. The van der Waals surface area contributed by atoms with Gasteiger partial charge in [0.15, 0.2) is 0 Å². The molecule has 0 bridgehead atoms. The third-order valence-corrected chi connectivity index (χ3v) is 2.89. The maximum Gasteiger partial charge on any atom is 0.320 e. The Hall–Kier alpha value is -0.940. The van der Waals surface area contributed by atoms with E-state index in [0.717, 1.165) is 22.9 Å². The lowest BCUT2D eigenvalue weighted by Crippen LogP contribution is -2.36. The molecule has 0 radical (unpaired) electrons. The molecule has 0 saturated heterocycles. The van der Waals surface area contributed by atoms with Crippen molar-refractivity contribution in [1.82, 2.24) is 10.3 Å². The molecule has 1 aromatic heterocycles. The Labute approximate surface area is 110 Å². The van der Waals surface area contributed by atoms with Crippen LogP contribution in [0.25, 0.3) is 0 Å². The monoisotopic (exact) mass is 300 g/mol. The van der Waals surface area contributed by atoms with E-state index in [4.69, 9.17) is 5.11 Å². The first kappa shape index (κ1) is 14.1. The average molecular weight is 301 g/mol. The van der Waals surface area contributed by atoms with Crippen LogP contribution in [0, 0.1) is 0 Å². The number of hydrogen-bond donors (Lipinski definition) is 2. The number of aromatic nitrogens is 1. The average Bonchev–Trinajstić information content (AvgIpc) is 2.28. The van der Waals surface area contributed by atoms with Crippen molar-refractivity contribution in [2.75, 3.05) is 0 Å². The molecule has 2 N–H and O–H groups in total. The second-order valence-electron chi connectivity index (χ2n) is 3.93. The van der Waals surface area contributed by atoms with Crippen molar-refractivity contribution in [3.63, 3.8) is 0 Å². The zero-order chi connectivity index (χ0) is 12.7. The molecule has 5 heteroatoms. The number of hydrogen-bond acceptors (Lipinski definition) is 3. The Kier molecular flexibility index (Phi) is 6.15. The summed E-state index contributed by atoms with van der Waals surface area (Å²) in [5.41, 5.74) is 0.974. The fourth-order valence-corrected chi connectivity index (χ4v) is 1.93. The lowest BCUT2D eigenvalue weighted by Gasteiger charge is -2.13. The van der Waals surface area contributed by atoms with Crippen LogP contribution < -0.4 is 5.32 Å². The highest BCUT2D eigenvalue weighted by molar-refractivity contribution is 9.10. The Morgan fingerprint density at radius 3 is 2.94 bits per heavy atom. The minimum absolute atomic E-state index is 0.478. The van der Waals surface area contributed by atoms with Gasteiger partial charge in [-0.3, -0.25) is 9.78 Å². The van der Waals surface area contributed by atoms with Crippen molar-refractivity contribution >= 4 is 21.9 Å². The molecule has 0 saturated carbocycles. The number of rotatable bonds is 7. The van der Waals surface area contributed by atoms with Crippen LogP contribution >= 0.6 is 15.9 Å². The highest BCUT2D eigenvalue weighted by atomic mass is 79.9. The van der Waals surface area contributed by atoms with Crippen molar-refractivity contribution < 1.29 is 9.90 Å². The van der Waals surface area contributed by atoms with Crippen LogP contribution in [0.2, 0.25) is 0 Å². The Balaban J connectivity index is 2.48. The molecule has 1 atom stereocenters. The van der Waals surface area contributed by atoms with Crippen molar-refractivity contribution in [3.05, 3.63) is 28.5 Å². The summed E-state index contributed by atoms with van der Waals surface area (Å²) in [6.07, 6.45) is 6.02. The predicted molar refractivity (Wildman–Crippen MR) is 69.7 cm³/mol. The molecule has 1 heterocycles. The minimum Gasteiger partial charge on any atom is -0.480 e. The highest BCUT2D eigenvalue weighted by Crippen LogP contribution is 2.10. The van der Waals surface area contributed by atoms with E-state index in [1.807, 2.05) is 6.07 Å². The first-order chi connectivity index (χ1) is 8.13. The second-order valence-corrected chi connectivity index (χ2v) is 4.84. The molecule has 17 heavy (non-hydrogen) atoms. The van der Waals surface area contributed by atoms with Crippen LogP contribution in [0.1, 0.15) is 31.7 Å². The Morgan fingerprint density at radius 2 is 2.35 bits per heavy atom. The number of nitrogens with one attached hydrogen (secondary N) is 1. The van der Waals surface area contributed by atoms with Crippen LogP contribution in [0.3, 0.4) is 0 Å². The van der Waals surface area contributed by atoms with Gasteiger partial charge in [-0.15, -0.1) is 0 Å². The third-order valence-electron chi connectivity index (χ3n) is 2.46. The number of nitrogens with zero attached hydrogens (tertiary/aromatic N) is 1. The number of unbranched alkanes of at least 4 members (excludes halogenated alkanes) is 1. The quantitative estimate of drug-likeness (QED) is 0.812. The molecule has 0 amide bonds. The van der Waals surface area contributed by atoms with Gasteiger partial charge in [-0.05, 0) is 34.0 Å². The van der Waals surface area contributed by atoms with Crippen LogP contribution in [0.4, 0.5) is 0 Å². The second kappa shape index (κ2) is 7.40. The molecule has 0 unspecified atom stereocenters. The van der Waals surface area contributed by atoms with E-state index in [0.29, 0.717) is 13.0 Å². The molecular formula is C12H17BrN2O2. The lowest BCUT2D eigenvalue weighted by molar-refractivity contribution is -0.139. The predicted octanol–water partition coefficient (Wildman–Crippen LogP) is 2.58. The summed E-state index contributed by atoms with van der Waals surface area (Å²) in [6, 6.07) is 1.45. The van der Waals surface area contributed by atoms with Gasteiger partial charge in [0.1, 0.15) is 6.04 Å². The standard InChI is InChI=1S/C12H17BrN2O2/c1-2-3-4-11(12(16)17)15-7-9-5-10(13)8-14-6-9/h5-6,8,11,15H,2-4,7H2,1H3,(H,16,17)/t11-/m0/s1. The van der Waals surface area contributed by atoms with Gasteiger partial charge in [-0.25, -0.2) is 0 Å².